The molecule has 3 N–H and O–H groups in total. The van der Waals surface area contributed by atoms with Gasteiger partial charge in [0.2, 0.25) is 5.91 Å². The third kappa shape index (κ3) is 3.07. The van der Waals surface area contributed by atoms with E-state index in [1.165, 1.54) is 7.11 Å². The molecule has 0 aliphatic heterocycles. The van der Waals surface area contributed by atoms with Crippen molar-refractivity contribution in [3.05, 3.63) is 0 Å². The zero-order valence-electron chi connectivity index (χ0n) is 12.7. The first-order valence-electron chi connectivity index (χ1n) is 6.50. The number of hydrogen-bond acceptors (Lipinski definition) is 5. The summed E-state index contributed by atoms with van der Waals surface area (Å²) in [5.74, 6) is -0.832. The topological polar surface area (TPSA) is 90.6 Å². The number of nitrogens with two attached hydrogens (primary N) is 1. The average Bonchev–Trinajstić information content (AvgIpc) is 2.36. The van der Waals surface area contributed by atoms with Crippen LogP contribution in [0.25, 0.3) is 0 Å². The SMILES string of the molecule is CCOC1CC(N)(C(=O)NC(C)C(=O)OC)C1(C)C.Cl. The third-order valence-corrected chi connectivity index (χ3v) is 4.14. The van der Waals surface area contributed by atoms with Crippen molar-refractivity contribution in [3.63, 3.8) is 0 Å². The highest BCUT2D eigenvalue weighted by molar-refractivity contribution is 5.92. The number of nitrogens with one attached hydrogen (secondary N) is 1. The zero-order valence-corrected chi connectivity index (χ0v) is 13.5. The van der Waals surface area contributed by atoms with Gasteiger partial charge in [-0.25, -0.2) is 4.79 Å². The Morgan fingerprint density at radius 1 is 1.45 bits per heavy atom. The van der Waals surface area contributed by atoms with E-state index in [0.29, 0.717) is 13.0 Å². The van der Waals surface area contributed by atoms with Gasteiger partial charge in [-0.15, -0.1) is 12.4 Å². The minimum Gasteiger partial charge on any atom is -0.467 e. The number of esters is 1. The molecule has 3 unspecified atom stereocenters. The second kappa shape index (κ2) is 6.74. The van der Waals surface area contributed by atoms with Crippen molar-refractivity contribution in [2.45, 2.75) is 51.8 Å². The number of ether oxygens (including phenoxy) is 2. The standard InChI is InChI=1S/C13H24N2O4.ClH/c1-6-19-9-7-13(14,12(9,3)4)11(17)15-8(2)10(16)18-5;/h8-9H,6-7,14H2,1-5H3,(H,15,17);1H. The minimum absolute atomic E-state index is 0. The van der Waals surface area contributed by atoms with E-state index >= 15 is 0 Å². The fourth-order valence-electron chi connectivity index (χ4n) is 2.38. The van der Waals surface area contributed by atoms with Crippen molar-refractivity contribution in [1.29, 1.82) is 0 Å². The van der Waals surface area contributed by atoms with E-state index in [1.807, 2.05) is 20.8 Å². The molecule has 1 aliphatic carbocycles. The first-order chi connectivity index (χ1) is 8.70. The molecule has 0 aromatic carbocycles. The van der Waals surface area contributed by atoms with E-state index in [4.69, 9.17) is 10.5 Å². The summed E-state index contributed by atoms with van der Waals surface area (Å²) >= 11 is 0. The van der Waals surface area contributed by atoms with Crippen molar-refractivity contribution in [2.75, 3.05) is 13.7 Å². The monoisotopic (exact) mass is 308 g/mol. The number of halogens is 1. The van der Waals surface area contributed by atoms with Crippen LogP contribution in [0.15, 0.2) is 0 Å². The van der Waals surface area contributed by atoms with Crippen LogP contribution >= 0.6 is 12.4 Å². The molecule has 0 radical (unpaired) electrons. The fraction of sp³-hybridized carbons (Fsp3) is 0.846. The lowest BCUT2D eigenvalue weighted by molar-refractivity contribution is -0.172. The van der Waals surface area contributed by atoms with Gasteiger partial charge in [0.1, 0.15) is 11.6 Å². The minimum atomic E-state index is -1.02. The van der Waals surface area contributed by atoms with Crippen LogP contribution in [0.1, 0.15) is 34.1 Å². The second-order valence-electron chi connectivity index (χ2n) is 5.56. The molecule has 1 rings (SSSR count). The van der Waals surface area contributed by atoms with E-state index in [1.54, 1.807) is 6.92 Å². The third-order valence-electron chi connectivity index (χ3n) is 4.14. The lowest BCUT2D eigenvalue weighted by Crippen LogP contribution is -2.76. The van der Waals surface area contributed by atoms with Crippen LogP contribution in [0.2, 0.25) is 0 Å². The maximum Gasteiger partial charge on any atom is 0.328 e. The summed E-state index contributed by atoms with van der Waals surface area (Å²) in [4.78, 5) is 23.6. The normalized spacial score (nSPS) is 28.6. The first kappa shape index (κ1) is 19.1. The first-order valence-corrected chi connectivity index (χ1v) is 6.50. The Kier molecular flexibility index (Phi) is 6.45. The molecule has 118 valence electrons. The highest BCUT2D eigenvalue weighted by Crippen LogP contribution is 2.49. The molecular weight excluding hydrogens is 284 g/mol. The summed E-state index contributed by atoms with van der Waals surface area (Å²) in [6.07, 6.45) is 0.412. The molecule has 0 aromatic rings. The summed E-state index contributed by atoms with van der Waals surface area (Å²) in [5.41, 5.74) is 4.70. The van der Waals surface area contributed by atoms with Gasteiger partial charge in [-0.3, -0.25) is 4.79 Å². The van der Waals surface area contributed by atoms with Gasteiger partial charge in [-0.2, -0.15) is 0 Å². The Labute approximate surface area is 126 Å². The molecule has 1 amide bonds. The van der Waals surface area contributed by atoms with E-state index in [0.717, 1.165) is 0 Å². The van der Waals surface area contributed by atoms with Crippen molar-refractivity contribution >= 4 is 24.3 Å². The van der Waals surface area contributed by atoms with Crippen LogP contribution in [0.5, 0.6) is 0 Å². The molecule has 1 fully saturated rings. The van der Waals surface area contributed by atoms with Gasteiger partial charge in [0.25, 0.3) is 0 Å². The van der Waals surface area contributed by atoms with Crippen LogP contribution in [-0.2, 0) is 19.1 Å². The molecule has 1 saturated carbocycles. The van der Waals surface area contributed by atoms with Crippen LogP contribution in [0, 0.1) is 5.41 Å². The molecule has 7 heteroatoms. The number of methoxy groups -OCH3 is 1. The summed E-state index contributed by atoms with van der Waals surface area (Å²) in [6.45, 7) is 7.87. The molecule has 20 heavy (non-hydrogen) atoms. The highest BCUT2D eigenvalue weighted by atomic mass is 35.5. The molecule has 0 spiro atoms. The Morgan fingerprint density at radius 3 is 2.40 bits per heavy atom. The van der Waals surface area contributed by atoms with Gasteiger partial charge in [-0.05, 0) is 13.8 Å². The molecule has 0 aromatic heterocycles. The molecule has 6 nitrogen and oxygen atoms in total. The van der Waals surface area contributed by atoms with Crippen LogP contribution < -0.4 is 11.1 Å². The summed E-state index contributed by atoms with van der Waals surface area (Å²) in [5, 5.41) is 2.60. The van der Waals surface area contributed by atoms with Crippen LogP contribution in [0.4, 0.5) is 0 Å². The van der Waals surface area contributed by atoms with Crippen LogP contribution in [0.3, 0.4) is 0 Å². The predicted octanol–water partition coefficient (Wildman–Crippen LogP) is 0.618. The summed E-state index contributed by atoms with van der Waals surface area (Å²) < 4.78 is 10.1. The Balaban J connectivity index is 0.00000361. The Hall–Kier alpha value is -0.850. The van der Waals surface area contributed by atoms with E-state index in [-0.39, 0.29) is 24.4 Å². The van der Waals surface area contributed by atoms with Gasteiger partial charge in [0.05, 0.1) is 13.2 Å². The largest absolute Gasteiger partial charge is 0.467 e. The Morgan fingerprint density at radius 2 is 2.00 bits per heavy atom. The van der Waals surface area contributed by atoms with Crippen molar-refractivity contribution in [1.82, 2.24) is 5.32 Å². The zero-order chi connectivity index (χ0) is 14.8. The molecule has 0 saturated heterocycles. The maximum absolute atomic E-state index is 12.2. The van der Waals surface area contributed by atoms with Gasteiger partial charge >= 0.3 is 5.97 Å². The number of hydrogen-bond donors (Lipinski definition) is 2. The lowest BCUT2D eigenvalue weighted by atomic mass is 9.54. The fourth-order valence-corrected chi connectivity index (χ4v) is 2.38. The van der Waals surface area contributed by atoms with Gasteiger partial charge in [-0.1, -0.05) is 13.8 Å². The van der Waals surface area contributed by atoms with E-state index in [2.05, 4.69) is 10.1 Å². The molecule has 0 heterocycles. The summed E-state index contributed by atoms with van der Waals surface area (Å²) in [7, 11) is 1.28. The van der Waals surface area contributed by atoms with Gasteiger partial charge < -0.3 is 20.5 Å². The number of carbonyl (C=O) groups excluding carboxylic acids is 2. The van der Waals surface area contributed by atoms with Crippen molar-refractivity contribution < 1.29 is 19.1 Å². The van der Waals surface area contributed by atoms with Gasteiger partial charge in [0, 0.05) is 18.4 Å². The van der Waals surface area contributed by atoms with Crippen molar-refractivity contribution in [2.24, 2.45) is 11.1 Å². The molecule has 3 atom stereocenters. The second-order valence-corrected chi connectivity index (χ2v) is 5.56. The predicted molar refractivity (Wildman–Crippen MR) is 77.6 cm³/mol. The number of carbonyl (C=O) groups is 2. The molecule has 0 bridgehead atoms. The summed E-state index contributed by atoms with van der Waals surface area (Å²) in [6, 6.07) is -0.708. The quantitative estimate of drug-likeness (QED) is 0.727. The lowest BCUT2D eigenvalue weighted by Gasteiger charge is -2.57. The number of rotatable bonds is 5. The van der Waals surface area contributed by atoms with Crippen LogP contribution in [-0.4, -0.2) is 43.3 Å². The average molecular weight is 309 g/mol. The smallest absolute Gasteiger partial charge is 0.328 e. The number of amides is 1. The maximum atomic E-state index is 12.2. The van der Waals surface area contributed by atoms with E-state index in [9.17, 15) is 9.59 Å². The Bertz CT molecular complexity index is 375. The van der Waals surface area contributed by atoms with E-state index < -0.39 is 23.0 Å². The molecule has 1 aliphatic rings. The van der Waals surface area contributed by atoms with Crippen molar-refractivity contribution in [3.8, 4) is 0 Å². The van der Waals surface area contributed by atoms with Gasteiger partial charge in [0.15, 0.2) is 0 Å². The molecular formula is C13H25ClN2O4. The highest BCUT2D eigenvalue weighted by Gasteiger charge is 2.63.